The van der Waals surface area contributed by atoms with Crippen molar-refractivity contribution in [3.63, 3.8) is 0 Å². The number of nitrogens with zero attached hydrogens (tertiary/aromatic N) is 6. The summed E-state index contributed by atoms with van der Waals surface area (Å²) >= 11 is 1.43. The number of ether oxygens (including phenoxy) is 1. The molecule has 7 aromatic rings. The Morgan fingerprint density at radius 2 is 1.72 bits per heavy atom. The van der Waals surface area contributed by atoms with Gasteiger partial charge in [0.1, 0.15) is 11.6 Å². The van der Waals surface area contributed by atoms with E-state index in [9.17, 15) is 29.1 Å². The van der Waals surface area contributed by atoms with Gasteiger partial charge >= 0.3 is 5.97 Å². The fraction of sp³-hybridized carbons (Fsp3) is 0.333. The number of aryl methyl sites for hydroxylation is 2. The highest BCUT2D eigenvalue weighted by molar-refractivity contribution is 7.22. The monoisotopic (exact) mass is 971 g/mol. The van der Waals surface area contributed by atoms with Crippen molar-refractivity contribution < 1.29 is 33.8 Å². The number of amides is 4. The minimum absolute atomic E-state index is 0.0365. The lowest BCUT2D eigenvalue weighted by Crippen LogP contribution is -2.39. The molecule has 1 saturated carbocycles. The Balaban J connectivity index is 0.663. The third-order valence-electron chi connectivity index (χ3n) is 14.7. The van der Waals surface area contributed by atoms with Gasteiger partial charge in [-0.3, -0.25) is 39.4 Å². The van der Waals surface area contributed by atoms with E-state index in [1.165, 1.54) is 11.3 Å². The molecule has 4 aliphatic rings. The summed E-state index contributed by atoms with van der Waals surface area (Å²) < 4.78 is 9.04. The number of hydrogen-bond donors (Lipinski definition) is 4. The van der Waals surface area contributed by atoms with E-state index in [-0.39, 0.29) is 35.7 Å². The van der Waals surface area contributed by atoms with Crippen molar-refractivity contribution in [1.29, 1.82) is 0 Å². The van der Waals surface area contributed by atoms with Gasteiger partial charge in [-0.25, -0.2) is 14.8 Å². The van der Waals surface area contributed by atoms with Gasteiger partial charge < -0.3 is 20.1 Å². The predicted octanol–water partition coefficient (Wildman–Crippen LogP) is 7.95. The Kier molecular flexibility index (Phi) is 12.3. The van der Waals surface area contributed by atoms with Gasteiger partial charge in [-0.1, -0.05) is 41.7 Å². The lowest BCUT2D eigenvalue weighted by molar-refractivity contribution is -0.134. The molecule has 0 radical (unpaired) electrons. The molecule has 3 aromatic heterocycles. The first-order chi connectivity index (χ1) is 34.4. The quantitative estimate of drug-likeness (QED) is 0.0814. The van der Waals surface area contributed by atoms with Crippen LogP contribution in [0.15, 0.2) is 91.0 Å². The molecule has 362 valence electrons. The molecule has 4 aromatic carbocycles. The SMILES string of the molecule is Cc1cc(OCC2C[C@H]2C2CCN(CC(=O)Nc3ccc4c(C5CCC(=O)NC5=O)nn(C)c4c3)CC2)ccc1-c1ccc(N2CCc3cccc(C(=O)Nc4nc5ccccc5s4)c3C2)nc1C(=O)O. The summed E-state index contributed by atoms with van der Waals surface area (Å²) in [7, 11) is 1.81. The van der Waals surface area contributed by atoms with E-state index in [2.05, 4.69) is 30.9 Å². The maximum atomic E-state index is 13.6. The number of likely N-dealkylation sites (tertiary alicyclic amines) is 1. The first-order valence-corrected chi connectivity index (χ1v) is 25.1. The van der Waals surface area contributed by atoms with Crippen molar-refractivity contribution >= 4 is 78.7 Å². The topological polar surface area (TPSA) is 201 Å². The third kappa shape index (κ3) is 9.46. The maximum absolute atomic E-state index is 13.6. The smallest absolute Gasteiger partial charge is 0.355 e. The normalized spacial score (nSPS) is 19.4. The van der Waals surface area contributed by atoms with Gasteiger partial charge in [-0.05, 0) is 153 Å². The number of benzene rings is 4. The van der Waals surface area contributed by atoms with E-state index in [4.69, 9.17) is 9.72 Å². The highest BCUT2D eigenvalue weighted by Crippen LogP contribution is 2.48. The summed E-state index contributed by atoms with van der Waals surface area (Å²) in [6.45, 7) is 5.61. The number of carboxylic acid groups (broad SMARTS) is 1. The van der Waals surface area contributed by atoms with Gasteiger partial charge in [0, 0.05) is 48.8 Å². The van der Waals surface area contributed by atoms with Crippen LogP contribution in [-0.2, 0) is 34.4 Å². The summed E-state index contributed by atoms with van der Waals surface area (Å²) in [5.74, 6) is 0.403. The number of hydrogen-bond acceptors (Lipinski definition) is 12. The van der Waals surface area contributed by atoms with E-state index < -0.39 is 11.9 Å². The maximum Gasteiger partial charge on any atom is 0.355 e. The summed E-state index contributed by atoms with van der Waals surface area (Å²) in [6.07, 6.45) is 4.55. The Labute approximate surface area is 413 Å². The number of fused-ring (bicyclic) bond motifs is 3. The molecule has 1 aliphatic carbocycles. The van der Waals surface area contributed by atoms with Crippen LogP contribution in [0.1, 0.15) is 81.3 Å². The van der Waals surface area contributed by atoms with Crippen LogP contribution in [0.2, 0.25) is 0 Å². The molecule has 2 unspecified atom stereocenters. The second-order valence-corrected chi connectivity index (χ2v) is 20.3. The van der Waals surface area contributed by atoms with Gasteiger partial charge in [-0.15, -0.1) is 0 Å². The van der Waals surface area contributed by atoms with Crippen molar-refractivity contribution in [3.8, 4) is 16.9 Å². The highest BCUT2D eigenvalue weighted by Gasteiger charge is 2.44. The Hall–Kier alpha value is -7.50. The summed E-state index contributed by atoms with van der Waals surface area (Å²) in [5.41, 5.74) is 7.60. The molecule has 11 rings (SSSR count). The number of aromatic carboxylic acids is 1. The van der Waals surface area contributed by atoms with Crippen LogP contribution < -0.4 is 25.6 Å². The first-order valence-electron chi connectivity index (χ1n) is 24.3. The number of pyridine rings is 1. The van der Waals surface area contributed by atoms with E-state index in [0.29, 0.717) is 90.3 Å². The number of para-hydroxylation sites is 1. The van der Waals surface area contributed by atoms with Crippen LogP contribution in [-0.4, -0.2) is 92.1 Å². The minimum atomic E-state index is -1.12. The molecule has 0 bridgehead atoms. The van der Waals surface area contributed by atoms with Gasteiger partial charge in [0.05, 0.1) is 40.5 Å². The molecule has 0 spiro atoms. The molecule has 3 atom stereocenters. The van der Waals surface area contributed by atoms with Crippen LogP contribution in [0.5, 0.6) is 5.75 Å². The average Bonchev–Trinajstić information content (AvgIpc) is 3.92. The fourth-order valence-corrected chi connectivity index (χ4v) is 11.7. The second kappa shape index (κ2) is 19.0. The molecule has 4 amide bonds. The van der Waals surface area contributed by atoms with E-state index in [1.807, 2.05) is 110 Å². The number of anilines is 3. The number of carbonyl (C=O) groups is 5. The molecular formula is C54H53N9O7S. The Morgan fingerprint density at radius 3 is 2.52 bits per heavy atom. The van der Waals surface area contributed by atoms with Crippen LogP contribution in [0.4, 0.5) is 16.6 Å². The summed E-state index contributed by atoms with van der Waals surface area (Å²) in [5, 5.41) is 24.9. The number of piperidine rings is 2. The Morgan fingerprint density at radius 1 is 0.887 bits per heavy atom. The molecule has 71 heavy (non-hydrogen) atoms. The predicted molar refractivity (Wildman–Crippen MR) is 271 cm³/mol. The van der Waals surface area contributed by atoms with Crippen molar-refractivity contribution in [2.45, 2.75) is 57.9 Å². The van der Waals surface area contributed by atoms with E-state index >= 15 is 0 Å². The molecule has 16 nitrogen and oxygen atoms in total. The van der Waals surface area contributed by atoms with Crippen molar-refractivity contribution in [2.75, 3.05) is 48.3 Å². The van der Waals surface area contributed by atoms with Crippen molar-refractivity contribution in [1.82, 2.24) is 30.0 Å². The number of aromatic nitrogens is 4. The number of nitrogens with one attached hydrogen (secondary N) is 3. The average molecular weight is 972 g/mol. The van der Waals surface area contributed by atoms with Crippen molar-refractivity contribution in [3.05, 3.63) is 125 Å². The number of rotatable bonds is 13. The van der Waals surface area contributed by atoms with Crippen LogP contribution in [0.3, 0.4) is 0 Å². The summed E-state index contributed by atoms with van der Waals surface area (Å²) in [6, 6.07) is 28.6. The first kappa shape index (κ1) is 45.9. The van der Waals surface area contributed by atoms with Gasteiger partial charge in [0.15, 0.2) is 10.8 Å². The van der Waals surface area contributed by atoms with Gasteiger partial charge in [0.2, 0.25) is 17.7 Å². The standard InChI is InChI=1S/C54H53N9O7S/c1-30-24-35(70-29-33-25-41(33)32-18-21-62(22-19-32)28-48(65)55-34-10-12-39-44(26-34)61(2)60-49(39)40-15-17-47(64)58-52(40)67)11-13-36(30)37-14-16-46(57-50(37)53(68)69)63-23-20-31-6-5-7-38(42(31)27-63)51(66)59-54-56-43-8-3-4-9-45(43)71-54/h3-14,16,24,26,32-33,40-41H,15,17-23,25,27-29H2,1-2H3,(H,55,65)(H,68,69)(H,56,59,66)(H,58,64,67)/t33?,40?,41-/m0/s1. The molecular weight excluding hydrogens is 919 g/mol. The van der Waals surface area contributed by atoms with Crippen LogP contribution in [0, 0.1) is 24.7 Å². The number of carbonyl (C=O) groups excluding carboxylic acids is 4. The molecule has 2 saturated heterocycles. The van der Waals surface area contributed by atoms with Crippen molar-refractivity contribution in [2.24, 2.45) is 24.8 Å². The zero-order valence-corrected chi connectivity index (χ0v) is 40.3. The summed E-state index contributed by atoms with van der Waals surface area (Å²) in [4.78, 5) is 77.3. The molecule has 3 fully saturated rings. The minimum Gasteiger partial charge on any atom is -0.493 e. The number of thiazole rings is 1. The number of imide groups is 1. The Bertz CT molecular complexity index is 3250. The highest BCUT2D eigenvalue weighted by atomic mass is 32.1. The van der Waals surface area contributed by atoms with E-state index in [1.54, 1.807) is 4.68 Å². The zero-order chi connectivity index (χ0) is 48.9. The van der Waals surface area contributed by atoms with E-state index in [0.717, 1.165) is 81.5 Å². The van der Waals surface area contributed by atoms with Gasteiger partial charge in [-0.2, -0.15) is 5.10 Å². The van der Waals surface area contributed by atoms with Crippen LogP contribution in [0.25, 0.3) is 32.2 Å². The van der Waals surface area contributed by atoms with Gasteiger partial charge in [0.25, 0.3) is 5.91 Å². The second-order valence-electron chi connectivity index (χ2n) is 19.3. The largest absolute Gasteiger partial charge is 0.493 e. The lowest BCUT2D eigenvalue weighted by atomic mass is 9.91. The zero-order valence-electron chi connectivity index (χ0n) is 39.4. The molecule has 6 heterocycles. The molecule has 4 N–H and O–H groups in total. The third-order valence-corrected chi connectivity index (χ3v) is 15.7. The molecule has 17 heteroatoms. The fourth-order valence-electron chi connectivity index (χ4n) is 10.9. The number of carboxylic acids is 1. The van der Waals surface area contributed by atoms with Crippen LogP contribution >= 0.6 is 11.3 Å². The molecule has 3 aliphatic heterocycles. The lowest BCUT2D eigenvalue weighted by Gasteiger charge is -2.31.